The van der Waals surface area contributed by atoms with Gasteiger partial charge in [0.15, 0.2) is 5.69 Å². The number of carbonyl (C=O) groups excluding carboxylic acids is 1. The van der Waals surface area contributed by atoms with Gasteiger partial charge in [-0.25, -0.2) is 4.68 Å². The van der Waals surface area contributed by atoms with Gasteiger partial charge in [0.05, 0.1) is 18.7 Å². The molecule has 1 aliphatic rings. The Balaban J connectivity index is 1.77. The van der Waals surface area contributed by atoms with Crippen molar-refractivity contribution in [3.05, 3.63) is 35.0 Å². The van der Waals surface area contributed by atoms with Crippen LogP contribution < -0.4 is 14.8 Å². The Hall–Kier alpha value is -2.21. The molecule has 0 saturated carbocycles. The summed E-state index contributed by atoms with van der Waals surface area (Å²) < 4.78 is 12.2. The van der Waals surface area contributed by atoms with Crippen LogP contribution in [0.15, 0.2) is 24.3 Å². The van der Waals surface area contributed by atoms with Gasteiger partial charge in [-0.15, -0.1) is 0 Å². The number of carbonyl (C=O) groups is 1. The van der Waals surface area contributed by atoms with E-state index in [9.17, 15) is 4.79 Å². The van der Waals surface area contributed by atoms with E-state index < -0.39 is 0 Å². The Morgan fingerprint density at radius 1 is 1.48 bits per heavy atom. The summed E-state index contributed by atoms with van der Waals surface area (Å²) in [7, 11) is 1.54. The van der Waals surface area contributed by atoms with E-state index in [1.54, 1.807) is 28.9 Å². The molecule has 2 heterocycles. The number of ether oxygens (including phenoxy) is 2. The summed E-state index contributed by atoms with van der Waals surface area (Å²) in [5.74, 6) is 0.876. The third-order valence-corrected chi connectivity index (χ3v) is 3.44. The summed E-state index contributed by atoms with van der Waals surface area (Å²) in [5.41, 5.74) is 0.900. The first-order chi connectivity index (χ1) is 10.2. The molecule has 6 nitrogen and oxygen atoms in total. The Bertz CT molecular complexity index is 661. The molecular formula is C14H14ClN3O3. The molecule has 7 heteroatoms. The van der Waals surface area contributed by atoms with Crippen LogP contribution in [0.5, 0.6) is 11.6 Å². The lowest BCUT2D eigenvalue weighted by Crippen LogP contribution is -2.16. The van der Waals surface area contributed by atoms with Crippen molar-refractivity contribution < 1.29 is 14.3 Å². The molecule has 0 spiro atoms. The normalized spacial score (nSPS) is 13.2. The van der Waals surface area contributed by atoms with Gasteiger partial charge in [0, 0.05) is 24.7 Å². The second-order valence-corrected chi connectivity index (χ2v) is 5.00. The number of nitrogens with zero attached hydrogens (tertiary/aromatic N) is 2. The van der Waals surface area contributed by atoms with Crippen LogP contribution in [0.25, 0.3) is 0 Å². The number of fused-ring (bicyclic) bond motifs is 1. The predicted octanol–water partition coefficient (Wildman–Crippen LogP) is 2.58. The Labute approximate surface area is 126 Å². The van der Waals surface area contributed by atoms with Crippen LogP contribution in [0, 0.1) is 0 Å². The number of halogens is 1. The number of nitrogens with one attached hydrogen (secondary N) is 1. The molecular weight excluding hydrogens is 294 g/mol. The molecule has 1 amide bonds. The van der Waals surface area contributed by atoms with Gasteiger partial charge in [-0.05, 0) is 18.2 Å². The topological polar surface area (TPSA) is 65.4 Å². The van der Waals surface area contributed by atoms with Gasteiger partial charge < -0.3 is 14.8 Å². The average Bonchev–Trinajstić information content (AvgIpc) is 2.91. The Kier molecular flexibility index (Phi) is 3.70. The quantitative estimate of drug-likeness (QED) is 0.946. The highest BCUT2D eigenvalue weighted by molar-refractivity contribution is 6.32. The van der Waals surface area contributed by atoms with Crippen LogP contribution in [0.4, 0.5) is 5.69 Å². The lowest BCUT2D eigenvalue weighted by atomic mass is 10.3. The van der Waals surface area contributed by atoms with Gasteiger partial charge in [-0.3, -0.25) is 4.79 Å². The second-order valence-electron chi connectivity index (χ2n) is 4.60. The number of hydrogen-bond acceptors (Lipinski definition) is 4. The lowest BCUT2D eigenvalue weighted by Gasteiger charge is -2.13. The standard InChI is InChI=1S/C14H14ClN3O3/c1-20-12-4-3-9(7-10(12)15)16-14(19)11-8-13-18(17-11)5-2-6-21-13/h3-4,7-8H,2,5-6H2,1H3,(H,16,19). The molecule has 1 N–H and O–H groups in total. The van der Waals surface area contributed by atoms with E-state index >= 15 is 0 Å². The first-order valence-corrected chi connectivity index (χ1v) is 6.91. The molecule has 0 saturated heterocycles. The lowest BCUT2D eigenvalue weighted by molar-refractivity contribution is 0.102. The van der Waals surface area contributed by atoms with E-state index in [0.29, 0.717) is 34.6 Å². The number of rotatable bonds is 3. The van der Waals surface area contributed by atoms with Crippen molar-refractivity contribution in [2.24, 2.45) is 0 Å². The zero-order valence-corrected chi connectivity index (χ0v) is 12.2. The first-order valence-electron chi connectivity index (χ1n) is 6.53. The van der Waals surface area contributed by atoms with Crippen molar-refractivity contribution in [1.82, 2.24) is 9.78 Å². The third-order valence-electron chi connectivity index (χ3n) is 3.15. The Morgan fingerprint density at radius 3 is 3.05 bits per heavy atom. The Morgan fingerprint density at radius 2 is 2.33 bits per heavy atom. The highest BCUT2D eigenvalue weighted by Crippen LogP contribution is 2.27. The molecule has 1 aromatic carbocycles. The van der Waals surface area contributed by atoms with Crippen molar-refractivity contribution >= 4 is 23.2 Å². The molecule has 3 rings (SSSR count). The second kappa shape index (κ2) is 5.65. The van der Waals surface area contributed by atoms with Crippen LogP contribution in [0.3, 0.4) is 0 Å². The number of hydrogen-bond donors (Lipinski definition) is 1. The van der Waals surface area contributed by atoms with Gasteiger partial charge in [0.1, 0.15) is 5.75 Å². The van der Waals surface area contributed by atoms with Crippen LogP contribution in [0.2, 0.25) is 5.02 Å². The van der Waals surface area contributed by atoms with Gasteiger partial charge >= 0.3 is 0 Å². The average molecular weight is 308 g/mol. The molecule has 1 aliphatic heterocycles. The molecule has 0 bridgehead atoms. The van der Waals surface area contributed by atoms with Crippen molar-refractivity contribution in [2.45, 2.75) is 13.0 Å². The maximum Gasteiger partial charge on any atom is 0.276 e. The van der Waals surface area contributed by atoms with Gasteiger partial charge in [-0.2, -0.15) is 5.10 Å². The van der Waals surface area contributed by atoms with Crippen molar-refractivity contribution in [1.29, 1.82) is 0 Å². The van der Waals surface area contributed by atoms with Gasteiger partial charge in [0.25, 0.3) is 5.91 Å². The van der Waals surface area contributed by atoms with E-state index in [4.69, 9.17) is 21.1 Å². The van der Waals surface area contributed by atoms with Crippen molar-refractivity contribution in [3.63, 3.8) is 0 Å². The number of methoxy groups -OCH3 is 1. The maximum absolute atomic E-state index is 12.2. The molecule has 0 atom stereocenters. The predicted molar refractivity (Wildman–Crippen MR) is 78.3 cm³/mol. The molecule has 0 fully saturated rings. The SMILES string of the molecule is COc1ccc(NC(=O)c2cc3n(n2)CCCO3)cc1Cl. The molecule has 0 aliphatic carbocycles. The maximum atomic E-state index is 12.2. The summed E-state index contributed by atoms with van der Waals surface area (Å²) in [6.07, 6.45) is 0.893. The number of anilines is 1. The third kappa shape index (κ3) is 2.80. The molecule has 0 unspecified atom stereocenters. The smallest absolute Gasteiger partial charge is 0.276 e. The minimum atomic E-state index is -0.304. The van der Waals surface area contributed by atoms with E-state index in [0.717, 1.165) is 13.0 Å². The zero-order chi connectivity index (χ0) is 14.8. The van der Waals surface area contributed by atoms with Crippen LogP contribution >= 0.6 is 11.6 Å². The first kappa shape index (κ1) is 13.8. The summed E-state index contributed by atoms with van der Waals surface area (Å²) in [4.78, 5) is 12.2. The van der Waals surface area contributed by atoms with E-state index in [1.165, 1.54) is 7.11 Å². The molecule has 110 valence electrons. The number of aromatic nitrogens is 2. The van der Waals surface area contributed by atoms with Crippen molar-refractivity contribution in [2.75, 3.05) is 19.0 Å². The van der Waals surface area contributed by atoms with Crippen molar-refractivity contribution in [3.8, 4) is 11.6 Å². The molecule has 0 radical (unpaired) electrons. The fourth-order valence-corrected chi connectivity index (χ4v) is 2.38. The minimum absolute atomic E-state index is 0.304. The number of benzene rings is 1. The number of aryl methyl sites for hydroxylation is 1. The van der Waals surface area contributed by atoms with E-state index in [2.05, 4.69) is 10.4 Å². The zero-order valence-electron chi connectivity index (χ0n) is 11.4. The summed E-state index contributed by atoms with van der Waals surface area (Å²) in [6.45, 7) is 1.41. The van der Waals surface area contributed by atoms with Crippen LogP contribution in [0.1, 0.15) is 16.9 Å². The summed E-state index contributed by atoms with van der Waals surface area (Å²) >= 11 is 6.03. The summed E-state index contributed by atoms with van der Waals surface area (Å²) in [5, 5.41) is 7.41. The fraction of sp³-hybridized carbons (Fsp3) is 0.286. The molecule has 21 heavy (non-hydrogen) atoms. The highest BCUT2D eigenvalue weighted by Gasteiger charge is 2.18. The van der Waals surface area contributed by atoms with Crippen LogP contribution in [-0.2, 0) is 6.54 Å². The van der Waals surface area contributed by atoms with E-state index in [1.807, 2.05) is 0 Å². The summed E-state index contributed by atoms with van der Waals surface area (Å²) in [6, 6.07) is 6.68. The largest absolute Gasteiger partial charge is 0.495 e. The minimum Gasteiger partial charge on any atom is -0.495 e. The fourth-order valence-electron chi connectivity index (χ4n) is 2.12. The molecule has 2 aromatic rings. The highest BCUT2D eigenvalue weighted by atomic mass is 35.5. The monoisotopic (exact) mass is 307 g/mol. The van der Waals surface area contributed by atoms with Crippen LogP contribution in [-0.4, -0.2) is 29.4 Å². The number of amides is 1. The van der Waals surface area contributed by atoms with E-state index in [-0.39, 0.29) is 5.91 Å². The van der Waals surface area contributed by atoms with Gasteiger partial charge in [0.2, 0.25) is 5.88 Å². The van der Waals surface area contributed by atoms with Gasteiger partial charge in [-0.1, -0.05) is 11.6 Å². The molecule has 1 aromatic heterocycles.